The van der Waals surface area contributed by atoms with Crippen LogP contribution in [0.3, 0.4) is 0 Å². The molecule has 3 rings (SSSR count). The quantitative estimate of drug-likeness (QED) is 0.856. The Kier molecular flexibility index (Phi) is 4.72. The maximum Gasteiger partial charge on any atom is 0.146 e. The number of aromatic nitrogens is 1. The van der Waals surface area contributed by atoms with E-state index in [2.05, 4.69) is 20.9 Å². The second-order valence-electron chi connectivity index (χ2n) is 6.28. The predicted octanol–water partition coefficient (Wildman–Crippen LogP) is 2.66. The van der Waals surface area contributed by atoms with Gasteiger partial charge < -0.3 is 4.90 Å². The zero-order chi connectivity index (χ0) is 14.5. The van der Waals surface area contributed by atoms with E-state index < -0.39 is 0 Å². The Morgan fingerprint density at radius 1 is 1.14 bits per heavy atom. The summed E-state index contributed by atoms with van der Waals surface area (Å²) in [6, 6.07) is 5.94. The normalized spacial score (nSPS) is 21.2. The van der Waals surface area contributed by atoms with Crippen molar-refractivity contribution in [3.63, 3.8) is 0 Å². The van der Waals surface area contributed by atoms with Crippen molar-refractivity contribution in [1.82, 2.24) is 9.88 Å². The molecule has 0 atom stereocenters. The highest BCUT2D eigenvalue weighted by atomic mass is 15.3. The first-order valence-corrected chi connectivity index (χ1v) is 8.19. The number of piperazine rings is 1. The molecule has 1 saturated heterocycles. The summed E-state index contributed by atoms with van der Waals surface area (Å²) in [6.07, 6.45) is 8.89. The van der Waals surface area contributed by atoms with Gasteiger partial charge in [0.15, 0.2) is 0 Å². The van der Waals surface area contributed by atoms with Crippen LogP contribution in [0.15, 0.2) is 18.3 Å². The Morgan fingerprint density at radius 3 is 2.62 bits per heavy atom. The summed E-state index contributed by atoms with van der Waals surface area (Å²) in [5.41, 5.74) is 0.693. The van der Waals surface area contributed by atoms with Crippen molar-refractivity contribution < 1.29 is 0 Å². The minimum atomic E-state index is 0.693. The molecule has 1 aliphatic carbocycles. The van der Waals surface area contributed by atoms with Crippen LogP contribution in [-0.4, -0.2) is 42.6 Å². The van der Waals surface area contributed by atoms with Crippen LogP contribution in [-0.2, 0) is 0 Å². The van der Waals surface area contributed by atoms with Gasteiger partial charge in [0, 0.05) is 38.9 Å². The van der Waals surface area contributed by atoms with Gasteiger partial charge in [0.2, 0.25) is 0 Å². The molecule has 0 radical (unpaired) electrons. The van der Waals surface area contributed by atoms with Crippen LogP contribution in [0.5, 0.6) is 0 Å². The van der Waals surface area contributed by atoms with Gasteiger partial charge in [-0.15, -0.1) is 0 Å². The average Bonchev–Trinajstić information content (AvgIpc) is 2.56. The number of pyridine rings is 1. The molecule has 2 fully saturated rings. The first-order valence-electron chi connectivity index (χ1n) is 8.19. The lowest BCUT2D eigenvalue weighted by Crippen LogP contribution is -2.48. The number of rotatable bonds is 3. The van der Waals surface area contributed by atoms with E-state index in [1.54, 1.807) is 6.20 Å². The molecule has 2 heterocycles. The summed E-state index contributed by atoms with van der Waals surface area (Å²) in [4.78, 5) is 9.26. The molecule has 0 amide bonds. The van der Waals surface area contributed by atoms with Crippen LogP contribution in [0, 0.1) is 17.2 Å². The third-order valence-corrected chi connectivity index (χ3v) is 4.82. The third-order valence-electron chi connectivity index (χ3n) is 4.82. The average molecular weight is 284 g/mol. The molecule has 1 aromatic heterocycles. The first kappa shape index (κ1) is 14.3. The van der Waals surface area contributed by atoms with Gasteiger partial charge in [0.25, 0.3) is 0 Å². The summed E-state index contributed by atoms with van der Waals surface area (Å²) >= 11 is 0. The topological polar surface area (TPSA) is 43.2 Å². The van der Waals surface area contributed by atoms with E-state index in [0.717, 1.165) is 37.9 Å². The van der Waals surface area contributed by atoms with Gasteiger partial charge in [-0.3, -0.25) is 4.90 Å². The Labute approximate surface area is 127 Å². The second-order valence-corrected chi connectivity index (χ2v) is 6.28. The molecule has 0 aromatic carbocycles. The Bertz CT molecular complexity index is 494. The van der Waals surface area contributed by atoms with Crippen LogP contribution in [0.25, 0.3) is 0 Å². The lowest BCUT2D eigenvalue weighted by atomic mass is 9.89. The third kappa shape index (κ3) is 3.54. The van der Waals surface area contributed by atoms with E-state index in [1.165, 1.54) is 38.6 Å². The molecule has 0 unspecified atom stereocenters. The highest BCUT2D eigenvalue weighted by Gasteiger charge is 2.23. The van der Waals surface area contributed by atoms with E-state index in [9.17, 15) is 5.26 Å². The summed E-state index contributed by atoms with van der Waals surface area (Å²) in [5, 5.41) is 9.19. The smallest absolute Gasteiger partial charge is 0.146 e. The van der Waals surface area contributed by atoms with Crippen LogP contribution in [0.4, 0.5) is 5.82 Å². The molecule has 4 nitrogen and oxygen atoms in total. The van der Waals surface area contributed by atoms with Gasteiger partial charge in [-0.2, -0.15) is 5.26 Å². The molecule has 1 aliphatic heterocycles. The Hall–Kier alpha value is -1.60. The molecule has 4 heteroatoms. The standard InChI is InChI=1S/C17H24N4/c18-13-16-7-4-8-19-17(16)21-11-9-20(10-12-21)14-15-5-2-1-3-6-15/h4,7-8,15H,1-3,5-6,9-12,14H2. The van der Waals surface area contributed by atoms with E-state index in [1.807, 2.05) is 12.1 Å². The molecule has 21 heavy (non-hydrogen) atoms. The lowest BCUT2D eigenvalue weighted by Gasteiger charge is -2.38. The van der Waals surface area contributed by atoms with Crippen molar-refractivity contribution in [1.29, 1.82) is 5.26 Å². The lowest BCUT2D eigenvalue weighted by molar-refractivity contribution is 0.191. The second kappa shape index (κ2) is 6.91. The van der Waals surface area contributed by atoms with Crippen molar-refractivity contribution in [2.45, 2.75) is 32.1 Å². The van der Waals surface area contributed by atoms with Crippen molar-refractivity contribution in [3.05, 3.63) is 23.9 Å². The molecule has 0 spiro atoms. The molecule has 0 bridgehead atoms. The van der Waals surface area contributed by atoms with E-state index in [-0.39, 0.29) is 0 Å². The number of nitrogens with zero attached hydrogens (tertiary/aromatic N) is 4. The van der Waals surface area contributed by atoms with Crippen molar-refractivity contribution in [3.8, 4) is 6.07 Å². The largest absolute Gasteiger partial charge is 0.353 e. The van der Waals surface area contributed by atoms with Gasteiger partial charge in [0.05, 0.1) is 5.56 Å². The van der Waals surface area contributed by atoms with Crippen molar-refractivity contribution in [2.75, 3.05) is 37.6 Å². The zero-order valence-electron chi connectivity index (χ0n) is 12.7. The van der Waals surface area contributed by atoms with Crippen molar-refractivity contribution >= 4 is 5.82 Å². The van der Waals surface area contributed by atoms with Gasteiger partial charge >= 0.3 is 0 Å². The van der Waals surface area contributed by atoms with Crippen LogP contribution >= 0.6 is 0 Å². The molecule has 0 N–H and O–H groups in total. The minimum Gasteiger partial charge on any atom is -0.353 e. The molecule has 1 aromatic rings. The monoisotopic (exact) mass is 284 g/mol. The van der Waals surface area contributed by atoms with Gasteiger partial charge in [-0.25, -0.2) is 4.98 Å². The number of hydrogen-bond donors (Lipinski definition) is 0. The van der Waals surface area contributed by atoms with Gasteiger partial charge in [-0.1, -0.05) is 19.3 Å². The number of hydrogen-bond acceptors (Lipinski definition) is 4. The van der Waals surface area contributed by atoms with Crippen LogP contribution in [0.2, 0.25) is 0 Å². The SMILES string of the molecule is N#Cc1cccnc1N1CCN(CC2CCCCC2)CC1. The minimum absolute atomic E-state index is 0.693. The van der Waals surface area contributed by atoms with Crippen LogP contribution in [0.1, 0.15) is 37.7 Å². The fourth-order valence-electron chi connectivity index (χ4n) is 3.61. The van der Waals surface area contributed by atoms with E-state index in [4.69, 9.17) is 0 Å². The maximum absolute atomic E-state index is 9.19. The number of nitriles is 1. The highest BCUT2D eigenvalue weighted by Crippen LogP contribution is 2.25. The van der Waals surface area contributed by atoms with E-state index in [0.29, 0.717) is 5.56 Å². The molecule has 2 aliphatic rings. The summed E-state index contributed by atoms with van der Waals surface area (Å²) < 4.78 is 0. The van der Waals surface area contributed by atoms with Gasteiger partial charge in [-0.05, 0) is 30.9 Å². The van der Waals surface area contributed by atoms with Crippen molar-refractivity contribution in [2.24, 2.45) is 5.92 Å². The van der Waals surface area contributed by atoms with E-state index >= 15 is 0 Å². The summed E-state index contributed by atoms with van der Waals surface area (Å²) in [7, 11) is 0. The summed E-state index contributed by atoms with van der Waals surface area (Å²) in [6.45, 7) is 5.42. The molecular formula is C17H24N4. The zero-order valence-corrected chi connectivity index (χ0v) is 12.7. The Morgan fingerprint density at radius 2 is 1.90 bits per heavy atom. The Balaban J connectivity index is 1.54. The molecular weight excluding hydrogens is 260 g/mol. The summed E-state index contributed by atoms with van der Waals surface area (Å²) in [5.74, 6) is 1.77. The maximum atomic E-state index is 9.19. The molecule has 112 valence electrons. The highest BCUT2D eigenvalue weighted by molar-refractivity contribution is 5.53. The predicted molar refractivity (Wildman–Crippen MR) is 84.2 cm³/mol. The first-order chi connectivity index (χ1) is 10.4. The number of anilines is 1. The van der Waals surface area contributed by atoms with Gasteiger partial charge in [0.1, 0.15) is 11.9 Å². The fourth-order valence-corrected chi connectivity index (χ4v) is 3.61. The fraction of sp³-hybridized carbons (Fsp3) is 0.647. The molecule has 1 saturated carbocycles. The van der Waals surface area contributed by atoms with Crippen LogP contribution < -0.4 is 4.90 Å².